The van der Waals surface area contributed by atoms with E-state index in [0.29, 0.717) is 13.0 Å². The van der Waals surface area contributed by atoms with Crippen LogP contribution >= 0.6 is 0 Å². The first-order valence-corrected chi connectivity index (χ1v) is 4.60. The van der Waals surface area contributed by atoms with Crippen LogP contribution in [-0.4, -0.2) is 29.1 Å². The Labute approximate surface area is 77.4 Å². The van der Waals surface area contributed by atoms with Crippen LogP contribution in [0, 0.1) is 0 Å². The Morgan fingerprint density at radius 2 is 2.23 bits per heavy atom. The number of halogens is 1. The highest BCUT2D eigenvalue weighted by molar-refractivity contribution is 5.09. The van der Waals surface area contributed by atoms with E-state index in [2.05, 4.69) is 9.88 Å². The minimum atomic E-state index is -0.623. The van der Waals surface area contributed by atoms with Crippen LogP contribution in [0.25, 0.3) is 0 Å². The fraction of sp³-hybridized carbons (Fsp3) is 0.500. The van der Waals surface area contributed by atoms with Crippen LogP contribution in [0.1, 0.15) is 12.0 Å². The van der Waals surface area contributed by atoms with Gasteiger partial charge in [-0.25, -0.2) is 4.39 Å². The molecule has 1 atom stereocenters. The van der Waals surface area contributed by atoms with E-state index in [1.807, 2.05) is 12.1 Å². The Morgan fingerprint density at radius 3 is 2.85 bits per heavy atom. The van der Waals surface area contributed by atoms with Crippen LogP contribution in [0.4, 0.5) is 4.39 Å². The molecule has 1 aliphatic heterocycles. The van der Waals surface area contributed by atoms with Gasteiger partial charge in [0.15, 0.2) is 0 Å². The maximum Gasteiger partial charge on any atom is 0.114 e. The normalized spacial score (nSPS) is 23.6. The molecule has 70 valence electrons. The second-order valence-corrected chi connectivity index (χ2v) is 3.48. The summed E-state index contributed by atoms with van der Waals surface area (Å²) in [5, 5.41) is 0. The number of aromatic nitrogens is 1. The molecule has 0 saturated carbocycles. The molecule has 2 nitrogen and oxygen atoms in total. The molecule has 1 fully saturated rings. The molecular weight excluding hydrogens is 167 g/mol. The monoisotopic (exact) mass is 180 g/mol. The zero-order valence-electron chi connectivity index (χ0n) is 7.49. The van der Waals surface area contributed by atoms with E-state index in [9.17, 15) is 4.39 Å². The van der Waals surface area contributed by atoms with Crippen LogP contribution in [0.5, 0.6) is 0 Å². The van der Waals surface area contributed by atoms with Crippen molar-refractivity contribution in [3.63, 3.8) is 0 Å². The summed E-state index contributed by atoms with van der Waals surface area (Å²) in [7, 11) is 0. The third-order valence-corrected chi connectivity index (χ3v) is 2.37. The summed E-state index contributed by atoms with van der Waals surface area (Å²) in [6.45, 7) is 2.31. The van der Waals surface area contributed by atoms with Gasteiger partial charge in [-0.05, 0) is 24.1 Å². The molecule has 0 aromatic carbocycles. The summed E-state index contributed by atoms with van der Waals surface area (Å²) < 4.78 is 12.8. The number of nitrogens with zero attached hydrogens (tertiary/aromatic N) is 2. The number of hydrogen-bond donors (Lipinski definition) is 0. The number of rotatable bonds is 2. The van der Waals surface area contributed by atoms with Gasteiger partial charge < -0.3 is 0 Å². The Hall–Kier alpha value is -0.960. The van der Waals surface area contributed by atoms with Crippen molar-refractivity contribution in [1.82, 2.24) is 9.88 Å². The number of hydrogen-bond acceptors (Lipinski definition) is 2. The van der Waals surface area contributed by atoms with Crippen molar-refractivity contribution < 1.29 is 4.39 Å². The lowest BCUT2D eigenvalue weighted by atomic mass is 10.2. The van der Waals surface area contributed by atoms with E-state index in [1.165, 1.54) is 5.56 Å². The third-order valence-electron chi connectivity index (χ3n) is 2.37. The average molecular weight is 180 g/mol. The molecule has 2 rings (SSSR count). The molecule has 0 aliphatic carbocycles. The van der Waals surface area contributed by atoms with Gasteiger partial charge in [-0.1, -0.05) is 0 Å². The second kappa shape index (κ2) is 3.83. The fourth-order valence-corrected chi connectivity index (χ4v) is 1.68. The highest BCUT2D eigenvalue weighted by atomic mass is 19.1. The molecule has 3 heteroatoms. The molecule has 1 aromatic heterocycles. The SMILES string of the molecule is FC1CCN(Cc2ccncc2)C1. The molecule has 0 radical (unpaired) electrons. The van der Waals surface area contributed by atoms with Crippen molar-refractivity contribution in [2.24, 2.45) is 0 Å². The molecule has 13 heavy (non-hydrogen) atoms. The molecule has 1 aromatic rings. The summed E-state index contributed by atoms with van der Waals surface area (Å²) >= 11 is 0. The van der Waals surface area contributed by atoms with Gasteiger partial charge in [0, 0.05) is 32.0 Å². The lowest BCUT2D eigenvalue weighted by molar-refractivity contribution is 0.282. The smallest absolute Gasteiger partial charge is 0.114 e. The first-order valence-electron chi connectivity index (χ1n) is 4.60. The highest BCUT2D eigenvalue weighted by Crippen LogP contribution is 2.14. The largest absolute Gasteiger partial charge is 0.296 e. The van der Waals surface area contributed by atoms with E-state index in [4.69, 9.17) is 0 Å². The predicted octanol–water partition coefficient (Wildman–Crippen LogP) is 1.63. The molecular formula is C10H13FN2. The maximum absolute atomic E-state index is 12.8. The lowest BCUT2D eigenvalue weighted by Crippen LogP contribution is -2.20. The molecule has 0 amide bonds. The Kier molecular flexibility index (Phi) is 2.54. The zero-order chi connectivity index (χ0) is 9.10. The van der Waals surface area contributed by atoms with Gasteiger partial charge in [0.2, 0.25) is 0 Å². The molecule has 1 saturated heterocycles. The average Bonchev–Trinajstić information content (AvgIpc) is 2.53. The van der Waals surface area contributed by atoms with Crippen LogP contribution in [-0.2, 0) is 6.54 Å². The quantitative estimate of drug-likeness (QED) is 0.687. The van der Waals surface area contributed by atoms with Crippen molar-refractivity contribution in [2.45, 2.75) is 19.1 Å². The van der Waals surface area contributed by atoms with Gasteiger partial charge in [0.1, 0.15) is 6.17 Å². The summed E-state index contributed by atoms with van der Waals surface area (Å²) in [5.41, 5.74) is 1.21. The molecule has 0 bridgehead atoms. The summed E-state index contributed by atoms with van der Waals surface area (Å²) in [5.74, 6) is 0. The lowest BCUT2D eigenvalue weighted by Gasteiger charge is -2.13. The van der Waals surface area contributed by atoms with E-state index >= 15 is 0 Å². The Bertz CT molecular complexity index is 263. The van der Waals surface area contributed by atoms with Gasteiger partial charge in [-0.3, -0.25) is 9.88 Å². The summed E-state index contributed by atoms with van der Waals surface area (Å²) in [6, 6.07) is 3.96. The zero-order valence-corrected chi connectivity index (χ0v) is 7.49. The first kappa shape index (κ1) is 8.63. The topological polar surface area (TPSA) is 16.1 Å². The molecule has 2 heterocycles. The van der Waals surface area contributed by atoms with E-state index in [1.54, 1.807) is 12.4 Å². The van der Waals surface area contributed by atoms with Crippen molar-refractivity contribution in [3.05, 3.63) is 30.1 Å². The fourth-order valence-electron chi connectivity index (χ4n) is 1.68. The van der Waals surface area contributed by atoms with Crippen LogP contribution in [0.2, 0.25) is 0 Å². The molecule has 0 spiro atoms. The van der Waals surface area contributed by atoms with Gasteiger partial charge >= 0.3 is 0 Å². The van der Waals surface area contributed by atoms with Crippen molar-refractivity contribution >= 4 is 0 Å². The minimum Gasteiger partial charge on any atom is -0.296 e. The summed E-state index contributed by atoms with van der Waals surface area (Å²) in [4.78, 5) is 6.08. The van der Waals surface area contributed by atoms with E-state index in [0.717, 1.165) is 13.1 Å². The van der Waals surface area contributed by atoms with Gasteiger partial charge in [0.05, 0.1) is 0 Å². The van der Waals surface area contributed by atoms with Crippen molar-refractivity contribution in [2.75, 3.05) is 13.1 Å². The van der Waals surface area contributed by atoms with Crippen molar-refractivity contribution in [3.8, 4) is 0 Å². The number of likely N-dealkylation sites (tertiary alicyclic amines) is 1. The Morgan fingerprint density at radius 1 is 1.46 bits per heavy atom. The third kappa shape index (κ3) is 2.25. The standard InChI is InChI=1S/C10H13FN2/c11-10-3-6-13(8-10)7-9-1-4-12-5-2-9/h1-2,4-5,10H,3,6-8H2. The van der Waals surface area contributed by atoms with E-state index in [-0.39, 0.29) is 0 Å². The first-order chi connectivity index (χ1) is 6.34. The number of pyridine rings is 1. The van der Waals surface area contributed by atoms with Crippen LogP contribution in [0.15, 0.2) is 24.5 Å². The minimum absolute atomic E-state index is 0.586. The highest BCUT2D eigenvalue weighted by Gasteiger charge is 2.21. The second-order valence-electron chi connectivity index (χ2n) is 3.48. The van der Waals surface area contributed by atoms with Crippen LogP contribution < -0.4 is 0 Å². The van der Waals surface area contributed by atoms with Gasteiger partial charge in [-0.2, -0.15) is 0 Å². The van der Waals surface area contributed by atoms with E-state index < -0.39 is 6.17 Å². The number of alkyl halides is 1. The van der Waals surface area contributed by atoms with Gasteiger partial charge in [-0.15, -0.1) is 0 Å². The maximum atomic E-state index is 12.8. The van der Waals surface area contributed by atoms with Crippen LogP contribution in [0.3, 0.4) is 0 Å². The Balaban J connectivity index is 1.92. The van der Waals surface area contributed by atoms with Crippen molar-refractivity contribution in [1.29, 1.82) is 0 Å². The molecule has 1 unspecified atom stereocenters. The molecule has 1 aliphatic rings. The summed E-state index contributed by atoms with van der Waals surface area (Å²) in [6.07, 6.45) is 3.61. The van der Waals surface area contributed by atoms with Gasteiger partial charge in [0.25, 0.3) is 0 Å². The predicted molar refractivity (Wildman–Crippen MR) is 49.0 cm³/mol. The molecule has 0 N–H and O–H groups in total.